The lowest BCUT2D eigenvalue weighted by molar-refractivity contribution is 0.467. The van der Waals surface area contributed by atoms with E-state index in [1.165, 1.54) is 17.4 Å². The van der Waals surface area contributed by atoms with E-state index in [1.807, 2.05) is 13.8 Å². The quantitative estimate of drug-likeness (QED) is 0.834. The summed E-state index contributed by atoms with van der Waals surface area (Å²) in [5.74, 6) is 0. The molecule has 0 bridgehead atoms. The summed E-state index contributed by atoms with van der Waals surface area (Å²) in [6.45, 7) is 3.97. The number of nitrogens with two attached hydrogens (primary N) is 1. The number of nitrogens with zero attached hydrogens (tertiary/aromatic N) is 2. The first-order valence-corrected chi connectivity index (χ1v) is 7.57. The molecule has 0 amide bonds. The van der Waals surface area contributed by atoms with Crippen molar-refractivity contribution in [2.45, 2.75) is 25.3 Å². The molecule has 0 spiro atoms. The summed E-state index contributed by atoms with van der Waals surface area (Å²) < 4.78 is 26.3. The number of aryl methyl sites for hydroxylation is 1. The highest BCUT2D eigenvalue weighted by molar-refractivity contribution is 7.89. The van der Waals surface area contributed by atoms with Crippen molar-refractivity contribution in [2.24, 2.45) is 0 Å². The van der Waals surface area contributed by atoms with Crippen molar-refractivity contribution in [3.63, 3.8) is 0 Å². The predicted octanol–water partition coefficient (Wildman–Crippen LogP) is 1.43. The van der Waals surface area contributed by atoms with Crippen LogP contribution in [0.25, 0.3) is 0 Å². The maximum atomic E-state index is 12.5. The van der Waals surface area contributed by atoms with E-state index < -0.39 is 10.0 Å². The van der Waals surface area contributed by atoms with Gasteiger partial charge in [0.05, 0.1) is 11.1 Å². The molecule has 0 fully saturated rings. The fourth-order valence-corrected chi connectivity index (χ4v) is 3.17. The highest BCUT2D eigenvalue weighted by Crippen LogP contribution is 2.24. The number of hydrogen-bond acceptors (Lipinski definition) is 4. The van der Waals surface area contributed by atoms with E-state index in [4.69, 9.17) is 5.73 Å². The number of anilines is 1. The Morgan fingerprint density at radius 2 is 2.05 bits per heavy atom. The molecule has 0 saturated carbocycles. The Bertz CT molecular complexity index is 685. The summed E-state index contributed by atoms with van der Waals surface area (Å²) in [6, 6.07) is 3.15. The molecule has 108 valence electrons. The Morgan fingerprint density at radius 3 is 2.60 bits per heavy atom. The lowest BCUT2D eigenvalue weighted by Crippen LogP contribution is -2.26. The van der Waals surface area contributed by atoms with Crippen molar-refractivity contribution in [3.8, 4) is 0 Å². The molecule has 1 aromatic heterocycles. The Balaban J connectivity index is 2.35. The lowest BCUT2D eigenvalue weighted by Gasteiger charge is -2.18. The van der Waals surface area contributed by atoms with Gasteiger partial charge >= 0.3 is 0 Å². The molecule has 20 heavy (non-hydrogen) atoms. The largest absolute Gasteiger partial charge is 0.398 e. The van der Waals surface area contributed by atoms with E-state index in [1.54, 1.807) is 18.5 Å². The van der Waals surface area contributed by atoms with Gasteiger partial charge in [0.15, 0.2) is 0 Å². The van der Waals surface area contributed by atoms with Crippen LogP contribution in [0.5, 0.6) is 0 Å². The zero-order valence-corrected chi connectivity index (χ0v) is 12.5. The fourth-order valence-electron chi connectivity index (χ4n) is 1.89. The van der Waals surface area contributed by atoms with Gasteiger partial charge in [-0.25, -0.2) is 8.42 Å². The van der Waals surface area contributed by atoms with E-state index >= 15 is 0 Å². The number of H-pyrrole nitrogens is 1. The molecule has 3 N–H and O–H groups in total. The molecular weight excluding hydrogens is 276 g/mol. The third-order valence-corrected chi connectivity index (χ3v) is 5.13. The van der Waals surface area contributed by atoms with Gasteiger partial charge < -0.3 is 5.73 Å². The summed E-state index contributed by atoms with van der Waals surface area (Å²) in [5.41, 5.74) is 8.91. The van der Waals surface area contributed by atoms with Gasteiger partial charge in [0.1, 0.15) is 0 Å². The van der Waals surface area contributed by atoms with Gasteiger partial charge in [0.25, 0.3) is 0 Å². The van der Waals surface area contributed by atoms with Crippen LogP contribution < -0.4 is 5.73 Å². The summed E-state index contributed by atoms with van der Waals surface area (Å²) in [7, 11) is -2.03. The number of aromatic nitrogens is 2. The average Bonchev–Trinajstić information content (AvgIpc) is 2.88. The van der Waals surface area contributed by atoms with Gasteiger partial charge in [-0.15, -0.1) is 0 Å². The second-order valence-corrected chi connectivity index (χ2v) is 6.87. The van der Waals surface area contributed by atoms with Gasteiger partial charge in [-0.1, -0.05) is 0 Å². The summed E-state index contributed by atoms with van der Waals surface area (Å²) >= 11 is 0. The molecule has 0 aliphatic rings. The Morgan fingerprint density at radius 1 is 1.35 bits per heavy atom. The average molecular weight is 294 g/mol. The molecule has 0 unspecified atom stereocenters. The van der Waals surface area contributed by atoms with Gasteiger partial charge in [-0.2, -0.15) is 9.40 Å². The Hall–Kier alpha value is -1.86. The van der Waals surface area contributed by atoms with Crippen LogP contribution in [0.1, 0.15) is 16.7 Å². The standard InChI is InChI=1S/C13H18N4O2S/c1-9-4-12(5-13(14)10(9)2)20(18,19)17(3)8-11-6-15-16-7-11/h4-7H,8,14H2,1-3H3,(H,15,16). The second-order valence-electron chi connectivity index (χ2n) is 4.82. The first kappa shape index (κ1) is 14.5. The second kappa shape index (κ2) is 5.26. The SMILES string of the molecule is Cc1cc(S(=O)(=O)N(C)Cc2cn[nH]c2)cc(N)c1C. The van der Waals surface area contributed by atoms with Crippen molar-refractivity contribution in [3.05, 3.63) is 41.2 Å². The Labute approximate surface area is 118 Å². The Kier molecular flexibility index (Phi) is 3.82. The number of sulfonamides is 1. The summed E-state index contributed by atoms with van der Waals surface area (Å²) in [6.07, 6.45) is 3.27. The number of nitrogen functional groups attached to an aromatic ring is 1. The maximum absolute atomic E-state index is 12.5. The lowest BCUT2D eigenvalue weighted by atomic mass is 10.1. The third kappa shape index (κ3) is 2.68. The fraction of sp³-hybridized carbons (Fsp3) is 0.308. The molecule has 1 heterocycles. The van der Waals surface area contributed by atoms with E-state index in [2.05, 4.69) is 10.2 Å². The van der Waals surface area contributed by atoms with Gasteiger partial charge in [-0.05, 0) is 37.1 Å². The summed E-state index contributed by atoms with van der Waals surface area (Å²) in [5, 5.41) is 6.46. The first-order valence-electron chi connectivity index (χ1n) is 6.13. The van der Waals surface area contributed by atoms with Crippen LogP contribution in [0, 0.1) is 13.8 Å². The normalized spacial score (nSPS) is 12.0. The molecule has 0 saturated heterocycles. The minimum absolute atomic E-state index is 0.212. The highest BCUT2D eigenvalue weighted by Gasteiger charge is 2.22. The molecular formula is C13H18N4O2S. The van der Waals surface area contributed by atoms with E-state index in [9.17, 15) is 8.42 Å². The van der Waals surface area contributed by atoms with Crippen LogP contribution >= 0.6 is 0 Å². The molecule has 0 radical (unpaired) electrons. The first-order chi connectivity index (χ1) is 9.32. The van der Waals surface area contributed by atoms with Crippen LogP contribution in [-0.2, 0) is 16.6 Å². The predicted molar refractivity (Wildman–Crippen MR) is 77.6 cm³/mol. The third-order valence-electron chi connectivity index (χ3n) is 3.35. The van der Waals surface area contributed by atoms with Crippen molar-refractivity contribution in [1.82, 2.24) is 14.5 Å². The van der Waals surface area contributed by atoms with E-state index in [0.29, 0.717) is 5.69 Å². The number of rotatable bonds is 4. The van der Waals surface area contributed by atoms with Crippen LogP contribution in [0.2, 0.25) is 0 Å². The topological polar surface area (TPSA) is 92.1 Å². The van der Waals surface area contributed by atoms with Crippen molar-refractivity contribution in [2.75, 3.05) is 12.8 Å². The van der Waals surface area contributed by atoms with E-state index in [0.717, 1.165) is 16.7 Å². The van der Waals surface area contributed by atoms with Crippen LogP contribution in [0.4, 0.5) is 5.69 Å². The molecule has 0 atom stereocenters. The monoisotopic (exact) mass is 294 g/mol. The van der Waals surface area contributed by atoms with E-state index in [-0.39, 0.29) is 11.4 Å². The van der Waals surface area contributed by atoms with Crippen molar-refractivity contribution >= 4 is 15.7 Å². The van der Waals surface area contributed by atoms with Crippen molar-refractivity contribution in [1.29, 1.82) is 0 Å². The molecule has 7 heteroatoms. The molecule has 0 aliphatic heterocycles. The van der Waals surface area contributed by atoms with Crippen LogP contribution in [0.15, 0.2) is 29.4 Å². The zero-order valence-electron chi connectivity index (χ0n) is 11.7. The minimum Gasteiger partial charge on any atom is -0.398 e. The van der Waals surface area contributed by atoms with Crippen LogP contribution in [-0.4, -0.2) is 30.0 Å². The van der Waals surface area contributed by atoms with Crippen molar-refractivity contribution < 1.29 is 8.42 Å². The highest BCUT2D eigenvalue weighted by atomic mass is 32.2. The number of nitrogens with one attached hydrogen (secondary N) is 1. The number of aromatic amines is 1. The number of benzene rings is 1. The number of hydrogen-bond donors (Lipinski definition) is 2. The van der Waals surface area contributed by atoms with Gasteiger partial charge in [-0.3, -0.25) is 5.10 Å². The van der Waals surface area contributed by atoms with Gasteiger partial charge in [0, 0.05) is 31.0 Å². The maximum Gasteiger partial charge on any atom is 0.243 e. The molecule has 1 aromatic carbocycles. The molecule has 6 nitrogen and oxygen atoms in total. The molecule has 2 rings (SSSR count). The summed E-state index contributed by atoms with van der Waals surface area (Å²) in [4.78, 5) is 0.212. The smallest absolute Gasteiger partial charge is 0.243 e. The minimum atomic E-state index is -3.57. The molecule has 0 aliphatic carbocycles. The van der Waals surface area contributed by atoms with Gasteiger partial charge in [0.2, 0.25) is 10.0 Å². The van der Waals surface area contributed by atoms with Crippen LogP contribution in [0.3, 0.4) is 0 Å². The zero-order chi connectivity index (χ0) is 14.9. The molecule has 2 aromatic rings.